The number of likely N-dealkylation sites (tertiary alicyclic amines) is 1. The normalized spacial score (nSPS) is 21.1. The SMILES string of the molecule is Cc1ccc(C(C)Nc2nc(N3CC(C4CCCN(CCO)C4)C3)ncc2Br)c(Cl)c1. The van der Waals surface area contributed by atoms with Gasteiger partial charge in [0.15, 0.2) is 0 Å². The van der Waals surface area contributed by atoms with Crippen LogP contribution in [-0.4, -0.2) is 59.3 Å². The lowest BCUT2D eigenvalue weighted by atomic mass is 9.81. The van der Waals surface area contributed by atoms with E-state index >= 15 is 0 Å². The molecule has 1 aromatic carbocycles. The molecule has 2 fully saturated rings. The third-order valence-corrected chi connectivity index (χ3v) is 7.43. The summed E-state index contributed by atoms with van der Waals surface area (Å²) in [6.45, 7) is 9.38. The van der Waals surface area contributed by atoms with E-state index in [1.807, 2.05) is 19.2 Å². The fourth-order valence-electron chi connectivity index (χ4n) is 4.67. The van der Waals surface area contributed by atoms with Crippen LogP contribution in [0, 0.1) is 18.8 Å². The molecule has 6 nitrogen and oxygen atoms in total. The summed E-state index contributed by atoms with van der Waals surface area (Å²) in [7, 11) is 0. The van der Waals surface area contributed by atoms with Crippen molar-refractivity contribution in [2.24, 2.45) is 11.8 Å². The molecule has 8 heteroatoms. The van der Waals surface area contributed by atoms with Crippen LogP contribution < -0.4 is 10.2 Å². The Labute approximate surface area is 198 Å². The van der Waals surface area contributed by atoms with Crippen LogP contribution in [0.15, 0.2) is 28.9 Å². The zero-order chi connectivity index (χ0) is 22.0. The second kappa shape index (κ2) is 10.0. The van der Waals surface area contributed by atoms with Crippen molar-refractivity contribution in [3.8, 4) is 0 Å². The maximum Gasteiger partial charge on any atom is 0.227 e. The molecular formula is C23H31BrClN5O. The molecule has 2 aliphatic rings. The molecule has 4 rings (SSSR count). The molecule has 0 aliphatic carbocycles. The number of piperidine rings is 1. The van der Waals surface area contributed by atoms with Crippen LogP contribution in [-0.2, 0) is 0 Å². The van der Waals surface area contributed by atoms with Crippen LogP contribution >= 0.6 is 27.5 Å². The van der Waals surface area contributed by atoms with Gasteiger partial charge in [0.1, 0.15) is 5.82 Å². The van der Waals surface area contributed by atoms with E-state index in [0.717, 1.165) is 65.1 Å². The van der Waals surface area contributed by atoms with Gasteiger partial charge in [0, 0.05) is 37.4 Å². The molecule has 0 saturated carbocycles. The number of β-amino-alcohol motifs (C(OH)–C–C–N with tert-alkyl or cyclic N) is 1. The molecule has 0 radical (unpaired) electrons. The van der Waals surface area contributed by atoms with E-state index in [4.69, 9.17) is 16.6 Å². The molecule has 0 amide bonds. The van der Waals surface area contributed by atoms with Crippen molar-refractivity contribution in [1.82, 2.24) is 14.9 Å². The van der Waals surface area contributed by atoms with Crippen molar-refractivity contribution in [1.29, 1.82) is 0 Å². The molecular weight excluding hydrogens is 478 g/mol. The lowest BCUT2D eigenvalue weighted by Crippen LogP contribution is -2.54. The number of rotatable bonds is 7. The van der Waals surface area contributed by atoms with Gasteiger partial charge in [-0.3, -0.25) is 0 Å². The summed E-state index contributed by atoms with van der Waals surface area (Å²) in [5.74, 6) is 2.93. The number of hydrogen-bond donors (Lipinski definition) is 2. The van der Waals surface area contributed by atoms with E-state index in [1.54, 1.807) is 0 Å². The van der Waals surface area contributed by atoms with E-state index in [0.29, 0.717) is 11.8 Å². The number of nitrogens with one attached hydrogen (secondary N) is 1. The van der Waals surface area contributed by atoms with Gasteiger partial charge in [0.05, 0.1) is 17.1 Å². The lowest BCUT2D eigenvalue weighted by Gasteiger charge is -2.46. The summed E-state index contributed by atoms with van der Waals surface area (Å²) >= 11 is 10.0. The van der Waals surface area contributed by atoms with E-state index in [9.17, 15) is 5.11 Å². The first-order valence-corrected chi connectivity index (χ1v) is 12.2. The quantitative estimate of drug-likeness (QED) is 0.573. The van der Waals surface area contributed by atoms with E-state index < -0.39 is 0 Å². The van der Waals surface area contributed by atoms with Crippen LogP contribution in [0.2, 0.25) is 5.02 Å². The standard InChI is InChI=1S/C23H31BrClN5O/c1-15-5-6-19(21(25)10-15)16(2)27-22-20(24)11-26-23(28-22)30-13-18(14-30)17-4-3-7-29(12-17)8-9-31/h5-6,10-11,16-18,31H,3-4,7-9,12-14H2,1-2H3,(H,26,27,28). The minimum atomic E-state index is 0.0241. The lowest BCUT2D eigenvalue weighted by molar-refractivity contribution is 0.101. The third-order valence-electron chi connectivity index (χ3n) is 6.52. The molecule has 0 spiro atoms. The highest BCUT2D eigenvalue weighted by atomic mass is 79.9. The van der Waals surface area contributed by atoms with Crippen molar-refractivity contribution in [2.45, 2.75) is 32.7 Å². The highest BCUT2D eigenvalue weighted by molar-refractivity contribution is 9.10. The molecule has 168 valence electrons. The van der Waals surface area contributed by atoms with Gasteiger partial charge >= 0.3 is 0 Å². The highest BCUT2D eigenvalue weighted by Crippen LogP contribution is 2.34. The van der Waals surface area contributed by atoms with Gasteiger partial charge in [0.25, 0.3) is 0 Å². The maximum atomic E-state index is 9.23. The maximum absolute atomic E-state index is 9.23. The van der Waals surface area contributed by atoms with Crippen LogP contribution in [0.4, 0.5) is 11.8 Å². The Morgan fingerprint density at radius 1 is 1.29 bits per heavy atom. The number of benzene rings is 1. The van der Waals surface area contributed by atoms with E-state index in [2.05, 4.69) is 55.1 Å². The van der Waals surface area contributed by atoms with Crippen LogP contribution in [0.25, 0.3) is 0 Å². The first-order valence-electron chi connectivity index (χ1n) is 11.1. The summed E-state index contributed by atoms with van der Waals surface area (Å²) in [5, 5.41) is 13.5. The Morgan fingerprint density at radius 3 is 2.84 bits per heavy atom. The number of nitrogens with zero attached hydrogens (tertiary/aromatic N) is 4. The summed E-state index contributed by atoms with van der Waals surface area (Å²) < 4.78 is 0.843. The summed E-state index contributed by atoms with van der Waals surface area (Å²) in [5.41, 5.74) is 2.20. The number of hydrogen-bond acceptors (Lipinski definition) is 6. The average Bonchev–Trinajstić information content (AvgIpc) is 2.70. The number of aryl methyl sites for hydroxylation is 1. The second-order valence-corrected chi connectivity index (χ2v) is 10.1. The molecule has 2 N–H and O–H groups in total. The number of aliphatic hydroxyl groups excluding tert-OH is 1. The molecule has 2 aromatic rings. The average molecular weight is 509 g/mol. The number of aromatic nitrogens is 2. The van der Waals surface area contributed by atoms with Crippen molar-refractivity contribution in [3.63, 3.8) is 0 Å². The zero-order valence-corrected chi connectivity index (χ0v) is 20.5. The Balaban J connectivity index is 1.38. The Kier molecular flexibility index (Phi) is 7.37. The van der Waals surface area contributed by atoms with Crippen LogP contribution in [0.5, 0.6) is 0 Å². The minimum absolute atomic E-state index is 0.0241. The predicted octanol–water partition coefficient (Wildman–Crippen LogP) is 4.51. The molecule has 2 saturated heterocycles. The summed E-state index contributed by atoms with van der Waals surface area (Å²) in [6, 6.07) is 6.15. The van der Waals surface area contributed by atoms with Crippen molar-refractivity contribution < 1.29 is 5.11 Å². The van der Waals surface area contributed by atoms with Gasteiger partial charge in [-0.15, -0.1) is 0 Å². The molecule has 0 bridgehead atoms. The summed E-state index contributed by atoms with van der Waals surface area (Å²) in [4.78, 5) is 14.0. The fourth-order valence-corrected chi connectivity index (χ4v) is 5.38. The number of aliphatic hydroxyl groups is 1. The van der Waals surface area contributed by atoms with Crippen molar-refractivity contribution >= 4 is 39.3 Å². The molecule has 31 heavy (non-hydrogen) atoms. The zero-order valence-electron chi connectivity index (χ0n) is 18.2. The number of halogens is 2. The smallest absolute Gasteiger partial charge is 0.227 e. The van der Waals surface area contributed by atoms with Gasteiger partial charge in [-0.1, -0.05) is 23.7 Å². The van der Waals surface area contributed by atoms with Gasteiger partial charge in [-0.05, 0) is 78.2 Å². The largest absolute Gasteiger partial charge is 0.395 e. The molecule has 1 aromatic heterocycles. The van der Waals surface area contributed by atoms with E-state index in [1.165, 1.54) is 12.8 Å². The van der Waals surface area contributed by atoms with Crippen molar-refractivity contribution in [3.05, 3.63) is 45.0 Å². The predicted molar refractivity (Wildman–Crippen MR) is 130 cm³/mol. The topological polar surface area (TPSA) is 64.5 Å². The van der Waals surface area contributed by atoms with E-state index in [-0.39, 0.29) is 12.6 Å². The third kappa shape index (κ3) is 5.33. The first kappa shape index (κ1) is 22.8. The molecule has 2 atom stereocenters. The Hall–Kier alpha value is -1.41. The van der Waals surface area contributed by atoms with Gasteiger partial charge < -0.3 is 20.2 Å². The van der Waals surface area contributed by atoms with Crippen LogP contribution in [0.1, 0.15) is 36.9 Å². The molecule has 2 unspecified atom stereocenters. The second-order valence-electron chi connectivity index (χ2n) is 8.85. The van der Waals surface area contributed by atoms with Gasteiger partial charge in [0.2, 0.25) is 5.95 Å². The Bertz CT molecular complexity index is 906. The van der Waals surface area contributed by atoms with Gasteiger partial charge in [-0.2, -0.15) is 4.98 Å². The van der Waals surface area contributed by atoms with Gasteiger partial charge in [-0.25, -0.2) is 4.98 Å². The van der Waals surface area contributed by atoms with Crippen molar-refractivity contribution in [2.75, 3.05) is 49.5 Å². The fraction of sp³-hybridized carbons (Fsp3) is 0.565. The molecule has 2 aliphatic heterocycles. The Morgan fingerprint density at radius 2 is 2.10 bits per heavy atom. The molecule has 3 heterocycles. The monoisotopic (exact) mass is 507 g/mol. The summed E-state index contributed by atoms with van der Waals surface area (Å²) in [6.07, 6.45) is 4.33. The highest BCUT2D eigenvalue weighted by Gasteiger charge is 2.37. The van der Waals surface area contributed by atoms with Crippen LogP contribution in [0.3, 0.4) is 0 Å². The number of anilines is 2. The first-order chi connectivity index (χ1) is 14.9. The minimum Gasteiger partial charge on any atom is -0.395 e.